The molecule has 0 aliphatic carbocycles. The molecule has 0 spiro atoms. The summed E-state index contributed by atoms with van der Waals surface area (Å²) in [5.41, 5.74) is 5.87. The highest BCUT2D eigenvalue weighted by molar-refractivity contribution is 7.92. The molecule has 0 aliphatic heterocycles. The van der Waals surface area contributed by atoms with E-state index in [4.69, 9.17) is 12.2 Å². The molecule has 1 aromatic heterocycles. The van der Waals surface area contributed by atoms with Crippen LogP contribution in [0.25, 0.3) is 10.1 Å². The topological polar surface area (TPSA) is 80.5 Å². The van der Waals surface area contributed by atoms with E-state index >= 15 is 0 Å². The largest absolute Gasteiger partial charge is 0.365 e. The van der Waals surface area contributed by atoms with E-state index in [1.807, 2.05) is 0 Å². The summed E-state index contributed by atoms with van der Waals surface area (Å²) in [6.45, 7) is 3.50. The van der Waals surface area contributed by atoms with Gasteiger partial charge >= 0.3 is 0 Å². The van der Waals surface area contributed by atoms with Gasteiger partial charge in [0, 0.05) is 28.8 Å². The molecule has 0 bridgehead atoms. The molecule has 0 saturated heterocycles. The average Bonchev–Trinajstić information content (AvgIpc) is 3.27. The van der Waals surface area contributed by atoms with E-state index in [0.29, 0.717) is 21.4 Å². The second kappa shape index (κ2) is 9.04. The minimum atomic E-state index is -4.03. The molecule has 9 heteroatoms. The van der Waals surface area contributed by atoms with Crippen molar-refractivity contribution in [2.24, 2.45) is 5.73 Å². The maximum Gasteiger partial charge on any atom is 0.264 e. The van der Waals surface area contributed by atoms with Crippen LogP contribution in [0.3, 0.4) is 0 Å². The van der Waals surface area contributed by atoms with Gasteiger partial charge in [-0.2, -0.15) is 0 Å². The van der Waals surface area contributed by atoms with Crippen LogP contribution in [0, 0.1) is 24.0 Å². The van der Waals surface area contributed by atoms with Gasteiger partial charge in [0.1, 0.15) is 11.6 Å². The van der Waals surface area contributed by atoms with Crippen LogP contribution in [0.4, 0.5) is 14.5 Å². The summed E-state index contributed by atoms with van der Waals surface area (Å²) in [7, 11) is -2.63. The molecule has 0 unspecified atom stereocenters. The number of carbonyl (C=O) groups excluding carboxylic acids is 1. The molecule has 1 heterocycles. The van der Waals surface area contributed by atoms with Crippen molar-refractivity contribution in [1.29, 1.82) is 0 Å². The van der Waals surface area contributed by atoms with Gasteiger partial charge in [-0.25, -0.2) is 17.2 Å². The Bertz CT molecular complexity index is 1670. The maximum atomic E-state index is 14.6. The van der Waals surface area contributed by atoms with Gasteiger partial charge < -0.3 is 5.73 Å². The number of nitrogens with two attached hydrogens (primary N) is 1. The van der Waals surface area contributed by atoms with Gasteiger partial charge in [-0.15, -0.1) is 17.8 Å². The lowest BCUT2D eigenvalue weighted by molar-refractivity contribution is 0.100. The number of primary amides is 1. The third-order valence-corrected chi connectivity index (χ3v) is 9.08. The number of rotatable bonds is 6. The van der Waals surface area contributed by atoms with Crippen molar-refractivity contribution >= 4 is 43.0 Å². The number of hydrogen-bond acceptors (Lipinski definition) is 4. The van der Waals surface area contributed by atoms with Gasteiger partial charge in [-0.3, -0.25) is 9.10 Å². The fourth-order valence-corrected chi connectivity index (χ4v) is 6.10. The first kappa shape index (κ1) is 25.4. The van der Waals surface area contributed by atoms with Crippen LogP contribution in [0.1, 0.15) is 40.2 Å². The van der Waals surface area contributed by atoms with Gasteiger partial charge in [-0.05, 0) is 65.0 Å². The Morgan fingerprint density at radius 3 is 2.42 bits per heavy atom. The van der Waals surface area contributed by atoms with Crippen LogP contribution >= 0.6 is 11.3 Å². The molecule has 1 amide bonds. The molecule has 0 atom stereocenters. The van der Waals surface area contributed by atoms with Crippen LogP contribution in [0.15, 0.2) is 65.6 Å². The Morgan fingerprint density at radius 1 is 1.06 bits per heavy atom. The number of benzene rings is 3. The molecular formula is C27H22F2N2O3S2. The van der Waals surface area contributed by atoms with Gasteiger partial charge in [0.15, 0.2) is 0 Å². The first-order chi connectivity index (χ1) is 16.8. The number of amides is 1. The molecule has 3 aromatic carbocycles. The number of thiophene rings is 1. The Hall–Kier alpha value is -3.74. The number of terminal acetylenes is 1. The maximum absolute atomic E-state index is 14.6. The molecular weight excluding hydrogens is 502 g/mol. The summed E-state index contributed by atoms with van der Waals surface area (Å²) in [6, 6.07) is 14.3. The van der Waals surface area contributed by atoms with E-state index in [0.717, 1.165) is 15.1 Å². The average molecular weight is 525 g/mol. The first-order valence-corrected chi connectivity index (χ1v) is 13.0. The zero-order valence-corrected chi connectivity index (χ0v) is 21.3. The number of fused-ring (bicyclic) bond motifs is 1. The molecule has 36 heavy (non-hydrogen) atoms. The predicted molar refractivity (Wildman–Crippen MR) is 139 cm³/mol. The standard InChI is InChI=1S/C27H22F2N2O3S2/c1-5-16-10-18(27(2,3)22-8-6-19(28)15-23(22)29)14-20(11-16)31(4)36(33,34)21-7-9-24-17(12-21)13-25(35-24)26(30)32/h1,6-15H,2-4H3,(H2,30,32). The highest BCUT2D eigenvalue weighted by Crippen LogP contribution is 2.37. The van der Waals surface area contributed by atoms with Crippen molar-refractivity contribution in [2.75, 3.05) is 11.4 Å². The zero-order chi connectivity index (χ0) is 26.4. The lowest BCUT2D eigenvalue weighted by atomic mass is 9.77. The first-order valence-electron chi connectivity index (χ1n) is 10.7. The number of sulfonamides is 1. The van der Waals surface area contributed by atoms with Crippen LogP contribution in [0.5, 0.6) is 0 Å². The van der Waals surface area contributed by atoms with Gasteiger partial charge in [0.25, 0.3) is 15.9 Å². The Labute approximate surface area is 212 Å². The summed E-state index contributed by atoms with van der Waals surface area (Å²) >= 11 is 1.18. The molecule has 0 saturated carbocycles. The van der Waals surface area contributed by atoms with E-state index in [-0.39, 0.29) is 16.1 Å². The third-order valence-electron chi connectivity index (χ3n) is 6.16. The van der Waals surface area contributed by atoms with Crippen molar-refractivity contribution in [3.05, 3.63) is 93.9 Å². The summed E-state index contributed by atoms with van der Waals surface area (Å²) in [5.74, 6) is 0.527. The molecule has 0 fully saturated rings. The smallest absolute Gasteiger partial charge is 0.264 e. The molecule has 4 rings (SSSR count). The second-order valence-corrected chi connectivity index (χ2v) is 11.9. The number of nitrogens with zero attached hydrogens (tertiary/aromatic N) is 1. The van der Waals surface area contributed by atoms with Crippen LogP contribution in [-0.4, -0.2) is 21.4 Å². The minimum Gasteiger partial charge on any atom is -0.365 e. The summed E-state index contributed by atoms with van der Waals surface area (Å²) in [6.07, 6.45) is 5.65. The van der Waals surface area contributed by atoms with Gasteiger partial charge in [0.2, 0.25) is 0 Å². The summed E-state index contributed by atoms with van der Waals surface area (Å²) < 4.78 is 57.0. The Kier molecular flexibility index (Phi) is 6.37. The van der Waals surface area contributed by atoms with Crippen molar-refractivity contribution in [3.63, 3.8) is 0 Å². The Balaban J connectivity index is 1.79. The quantitative estimate of drug-likeness (QED) is 0.343. The monoisotopic (exact) mass is 524 g/mol. The van der Waals surface area contributed by atoms with E-state index < -0.39 is 33.0 Å². The highest BCUT2D eigenvalue weighted by atomic mass is 32.2. The fraction of sp³-hybridized carbons (Fsp3) is 0.148. The molecule has 184 valence electrons. The molecule has 2 N–H and O–H groups in total. The molecule has 0 radical (unpaired) electrons. The van der Waals surface area contributed by atoms with E-state index in [2.05, 4.69) is 5.92 Å². The van der Waals surface area contributed by atoms with Gasteiger partial charge in [0.05, 0.1) is 15.5 Å². The van der Waals surface area contributed by atoms with E-state index in [1.54, 1.807) is 44.2 Å². The van der Waals surface area contributed by atoms with E-state index in [9.17, 15) is 22.0 Å². The van der Waals surface area contributed by atoms with Gasteiger partial charge in [-0.1, -0.05) is 25.8 Å². The zero-order valence-electron chi connectivity index (χ0n) is 19.7. The number of carbonyl (C=O) groups is 1. The number of anilines is 1. The predicted octanol–water partition coefficient (Wildman–Crippen LogP) is 5.41. The molecule has 5 nitrogen and oxygen atoms in total. The summed E-state index contributed by atoms with van der Waals surface area (Å²) in [4.78, 5) is 11.9. The fourth-order valence-electron chi connectivity index (χ4n) is 3.99. The normalized spacial score (nSPS) is 11.9. The second-order valence-electron chi connectivity index (χ2n) is 8.81. The number of hydrogen-bond donors (Lipinski definition) is 1. The highest BCUT2D eigenvalue weighted by Gasteiger charge is 2.29. The van der Waals surface area contributed by atoms with Crippen molar-refractivity contribution in [1.82, 2.24) is 0 Å². The molecule has 0 aliphatic rings. The van der Waals surface area contributed by atoms with E-state index in [1.165, 1.54) is 42.6 Å². The SMILES string of the molecule is C#Cc1cc(N(C)S(=O)(=O)c2ccc3sc(C(N)=O)cc3c2)cc(C(C)(C)c2ccc(F)cc2F)c1. The minimum absolute atomic E-state index is 0.0165. The van der Waals surface area contributed by atoms with Crippen molar-refractivity contribution in [3.8, 4) is 12.3 Å². The number of halogens is 2. The van der Waals surface area contributed by atoms with Crippen LogP contribution < -0.4 is 10.0 Å². The van der Waals surface area contributed by atoms with Crippen LogP contribution in [-0.2, 0) is 15.4 Å². The Morgan fingerprint density at radius 2 is 1.78 bits per heavy atom. The third kappa shape index (κ3) is 4.45. The lowest BCUT2D eigenvalue weighted by Gasteiger charge is -2.29. The van der Waals surface area contributed by atoms with Crippen molar-refractivity contribution in [2.45, 2.75) is 24.2 Å². The lowest BCUT2D eigenvalue weighted by Crippen LogP contribution is -2.28. The van der Waals surface area contributed by atoms with Crippen molar-refractivity contribution < 1.29 is 22.0 Å². The molecule has 4 aromatic rings. The summed E-state index contributed by atoms with van der Waals surface area (Å²) in [5, 5.41) is 0.578. The van der Waals surface area contributed by atoms with Crippen LogP contribution in [0.2, 0.25) is 0 Å².